The van der Waals surface area contributed by atoms with Gasteiger partial charge in [-0.2, -0.15) is 0 Å². The molecule has 4 heterocycles. The van der Waals surface area contributed by atoms with Crippen molar-refractivity contribution in [1.82, 2.24) is 29.9 Å². The molecule has 9 heteroatoms. The van der Waals surface area contributed by atoms with Gasteiger partial charge in [-0.25, -0.2) is 4.99 Å². The molecule has 1 N–H and O–H groups in total. The Bertz CT molecular complexity index is 678. The first-order valence-corrected chi connectivity index (χ1v) is 10.4. The first-order chi connectivity index (χ1) is 13.7. The average Bonchev–Trinajstić information content (AvgIpc) is 3.43. The Morgan fingerprint density at radius 2 is 2.00 bits per heavy atom. The molecule has 0 aliphatic carbocycles. The van der Waals surface area contributed by atoms with Crippen LogP contribution in [0.3, 0.4) is 0 Å². The van der Waals surface area contributed by atoms with Crippen LogP contribution in [0.5, 0.6) is 0 Å². The maximum atomic E-state index is 5.69. The van der Waals surface area contributed by atoms with Crippen molar-refractivity contribution in [3.63, 3.8) is 0 Å². The number of likely N-dealkylation sites (tertiary alicyclic amines) is 1. The van der Waals surface area contributed by atoms with E-state index in [2.05, 4.69) is 25.3 Å². The van der Waals surface area contributed by atoms with Gasteiger partial charge >= 0.3 is 0 Å². The number of ether oxygens (including phenoxy) is 2. The molecule has 0 amide bonds. The second-order valence-corrected chi connectivity index (χ2v) is 8.22. The van der Waals surface area contributed by atoms with Gasteiger partial charge in [-0.1, -0.05) is 0 Å². The summed E-state index contributed by atoms with van der Waals surface area (Å²) in [6, 6.07) is 0. The van der Waals surface area contributed by atoms with Gasteiger partial charge < -0.3 is 24.3 Å². The number of aromatic nitrogens is 3. The van der Waals surface area contributed by atoms with E-state index >= 15 is 0 Å². The van der Waals surface area contributed by atoms with E-state index in [0.29, 0.717) is 12.0 Å². The maximum Gasteiger partial charge on any atom is 0.194 e. The minimum absolute atomic E-state index is 0.314. The normalized spacial score (nSPS) is 26.5. The lowest BCUT2D eigenvalue weighted by atomic mass is 9.87. The van der Waals surface area contributed by atoms with Gasteiger partial charge in [0.15, 0.2) is 11.8 Å². The third-order valence-corrected chi connectivity index (χ3v) is 6.29. The van der Waals surface area contributed by atoms with Gasteiger partial charge in [-0.05, 0) is 19.8 Å². The van der Waals surface area contributed by atoms with Gasteiger partial charge in [-0.15, -0.1) is 10.2 Å². The minimum atomic E-state index is 0.314. The van der Waals surface area contributed by atoms with Crippen LogP contribution in [0.25, 0.3) is 0 Å². The highest BCUT2D eigenvalue weighted by atomic mass is 16.5. The zero-order valence-corrected chi connectivity index (χ0v) is 17.2. The van der Waals surface area contributed by atoms with Gasteiger partial charge in [0.2, 0.25) is 0 Å². The molecule has 0 aromatic carbocycles. The predicted octanol–water partition coefficient (Wildman–Crippen LogP) is 0.0137. The molecule has 0 radical (unpaired) electrons. The smallest absolute Gasteiger partial charge is 0.194 e. The van der Waals surface area contributed by atoms with Crippen LogP contribution in [0.4, 0.5) is 0 Å². The van der Waals surface area contributed by atoms with E-state index in [0.717, 1.165) is 89.7 Å². The molecule has 1 atom stereocenters. The van der Waals surface area contributed by atoms with Gasteiger partial charge in [0.05, 0.1) is 19.8 Å². The van der Waals surface area contributed by atoms with Crippen molar-refractivity contribution in [2.24, 2.45) is 17.5 Å². The second-order valence-electron chi connectivity index (χ2n) is 8.22. The maximum absolute atomic E-state index is 5.69. The molecule has 0 bridgehead atoms. The average molecular weight is 392 g/mol. The highest BCUT2D eigenvalue weighted by Gasteiger charge is 2.42. The molecule has 3 fully saturated rings. The summed E-state index contributed by atoms with van der Waals surface area (Å²) in [6.07, 6.45) is 2.34. The van der Waals surface area contributed by atoms with Crippen LogP contribution in [0, 0.1) is 12.3 Å². The molecule has 3 saturated heterocycles. The van der Waals surface area contributed by atoms with E-state index in [4.69, 9.17) is 14.5 Å². The first-order valence-electron chi connectivity index (χ1n) is 10.4. The molecular weight excluding hydrogens is 358 g/mol. The summed E-state index contributed by atoms with van der Waals surface area (Å²) in [7, 11) is 1.99. The Morgan fingerprint density at radius 1 is 1.14 bits per heavy atom. The van der Waals surface area contributed by atoms with E-state index in [1.54, 1.807) is 0 Å². The van der Waals surface area contributed by atoms with Crippen LogP contribution in [-0.2, 0) is 23.1 Å². The third kappa shape index (κ3) is 4.47. The SMILES string of the molecule is Cc1nnc(CN=C(NCCN2CCOCC2)N2CCC3(CCOC3)C2)n1C. The van der Waals surface area contributed by atoms with Crippen molar-refractivity contribution in [2.75, 3.05) is 65.7 Å². The van der Waals surface area contributed by atoms with Crippen molar-refractivity contribution in [2.45, 2.75) is 26.3 Å². The highest BCUT2D eigenvalue weighted by Crippen LogP contribution is 2.38. The van der Waals surface area contributed by atoms with E-state index in [9.17, 15) is 0 Å². The summed E-state index contributed by atoms with van der Waals surface area (Å²) in [5.74, 6) is 2.79. The summed E-state index contributed by atoms with van der Waals surface area (Å²) in [4.78, 5) is 9.75. The quantitative estimate of drug-likeness (QED) is 0.560. The molecule has 1 aromatic heterocycles. The van der Waals surface area contributed by atoms with Crippen molar-refractivity contribution in [3.8, 4) is 0 Å². The number of rotatable bonds is 5. The Kier molecular flexibility index (Phi) is 6.13. The lowest BCUT2D eigenvalue weighted by Gasteiger charge is -2.28. The minimum Gasteiger partial charge on any atom is -0.381 e. The summed E-state index contributed by atoms with van der Waals surface area (Å²) < 4.78 is 13.1. The number of aliphatic imine (C=N–C) groups is 1. The number of nitrogens with one attached hydrogen (secondary N) is 1. The molecule has 0 saturated carbocycles. The van der Waals surface area contributed by atoms with Crippen molar-refractivity contribution in [1.29, 1.82) is 0 Å². The molecule has 3 aliphatic heterocycles. The molecule has 28 heavy (non-hydrogen) atoms. The Balaban J connectivity index is 1.39. The van der Waals surface area contributed by atoms with E-state index in [-0.39, 0.29) is 0 Å². The lowest BCUT2D eigenvalue weighted by molar-refractivity contribution is 0.0388. The summed E-state index contributed by atoms with van der Waals surface area (Å²) in [6.45, 7) is 11.9. The zero-order chi connectivity index (χ0) is 19.4. The highest BCUT2D eigenvalue weighted by molar-refractivity contribution is 5.80. The van der Waals surface area contributed by atoms with Crippen LogP contribution in [-0.4, -0.2) is 96.2 Å². The number of morpholine rings is 1. The topological polar surface area (TPSA) is 80.0 Å². The van der Waals surface area contributed by atoms with E-state index < -0.39 is 0 Å². The lowest BCUT2D eigenvalue weighted by Crippen LogP contribution is -2.46. The van der Waals surface area contributed by atoms with Crippen molar-refractivity contribution >= 4 is 5.96 Å². The van der Waals surface area contributed by atoms with Gasteiger partial charge in [-0.3, -0.25) is 4.90 Å². The molecule has 156 valence electrons. The van der Waals surface area contributed by atoms with Crippen molar-refractivity contribution < 1.29 is 9.47 Å². The second kappa shape index (κ2) is 8.75. The first kappa shape index (κ1) is 19.6. The van der Waals surface area contributed by atoms with E-state index in [1.165, 1.54) is 6.42 Å². The molecule has 9 nitrogen and oxygen atoms in total. The molecule has 1 aromatic rings. The monoisotopic (exact) mass is 391 g/mol. The Morgan fingerprint density at radius 3 is 2.71 bits per heavy atom. The van der Waals surface area contributed by atoms with Crippen LogP contribution >= 0.6 is 0 Å². The fourth-order valence-electron chi connectivity index (χ4n) is 4.24. The molecular formula is C19H33N7O2. The number of hydrogen-bond acceptors (Lipinski definition) is 6. The van der Waals surface area contributed by atoms with Crippen LogP contribution < -0.4 is 5.32 Å². The summed E-state index contributed by atoms with van der Waals surface area (Å²) >= 11 is 0. The Labute approximate surface area is 167 Å². The molecule has 1 unspecified atom stereocenters. The number of guanidine groups is 1. The number of nitrogens with zero attached hydrogens (tertiary/aromatic N) is 6. The fraction of sp³-hybridized carbons (Fsp3) is 0.842. The molecule has 1 spiro atoms. The molecule has 3 aliphatic rings. The third-order valence-electron chi connectivity index (χ3n) is 6.29. The number of aryl methyl sites for hydroxylation is 1. The van der Waals surface area contributed by atoms with Crippen LogP contribution in [0.2, 0.25) is 0 Å². The number of hydrogen-bond donors (Lipinski definition) is 1. The van der Waals surface area contributed by atoms with Gasteiger partial charge in [0.1, 0.15) is 12.4 Å². The van der Waals surface area contributed by atoms with Gasteiger partial charge in [0.25, 0.3) is 0 Å². The van der Waals surface area contributed by atoms with Gasteiger partial charge in [0, 0.05) is 58.3 Å². The van der Waals surface area contributed by atoms with E-state index in [1.807, 2.05) is 18.5 Å². The molecule has 4 rings (SSSR count). The summed E-state index contributed by atoms with van der Waals surface area (Å²) in [5.41, 5.74) is 0.314. The predicted molar refractivity (Wildman–Crippen MR) is 106 cm³/mol. The van der Waals surface area contributed by atoms with Crippen molar-refractivity contribution in [3.05, 3.63) is 11.6 Å². The zero-order valence-electron chi connectivity index (χ0n) is 17.2. The fourth-order valence-corrected chi connectivity index (χ4v) is 4.24. The van der Waals surface area contributed by atoms with Crippen LogP contribution in [0.1, 0.15) is 24.5 Å². The largest absolute Gasteiger partial charge is 0.381 e. The Hall–Kier alpha value is -1.71. The summed E-state index contributed by atoms with van der Waals surface area (Å²) in [5, 5.41) is 12.0. The van der Waals surface area contributed by atoms with Crippen LogP contribution in [0.15, 0.2) is 4.99 Å². The standard InChI is InChI=1S/C19H33N7O2/c1-16-22-23-17(24(16)2)13-21-18(20-5-7-25-8-11-27-12-9-25)26-6-3-19(14-26)4-10-28-15-19/h3-15H2,1-2H3,(H,20,21).